The van der Waals surface area contributed by atoms with Gasteiger partial charge in [-0.1, -0.05) is 0 Å². The summed E-state index contributed by atoms with van der Waals surface area (Å²) >= 11 is 4.83. The molecule has 1 aliphatic heterocycles. The maximum absolute atomic E-state index is 12.0. The zero-order valence-corrected chi connectivity index (χ0v) is 13.3. The fourth-order valence-corrected chi connectivity index (χ4v) is 2.18. The molecule has 1 aliphatic rings. The van der Waals surface area contributed by atoms with Crippen LogP contribution in [0.25, 0.3) is 0 Å². The molecular weight excluding hydrogens is 322 g/mol. The maximum atomic E-state index is 12.0. The van der Waals surface area contributed by atoms with Crippen molar-refractivity contribution in [3.05, 3.63) is 33.9 Å². The lowest BCUT2D eigenvalue weighted by molar-refractivity contribution is -0.384. The van der Waals surface area contributed by atoms with Gasteiger partial charge in [0.15, 0.2) is 5.11 Å². The first-order chi connectivity index (χ1) is 11.0. The van der Waals surface area contributed by atoms with Crippen LogP contribution in [-0.2, 0) is 4.74 Å². The highest BCUT2D eigenvalue weighted by Crippen LogP contribution is 2.29. The van der Waals surface area contributed by atoms with Crippen LogP contribution < -0.4 is 21.1 Å². The van der Waals surface area contributed by atoms with Gasteiger partial charge in [-0.15, -0.1) is 0 Å². The van der Waals surface area contributed by atoms with Gasteiger partial charge in [0, 0.05) is 31.8 Å². The Morgan fingerprint density at radius 1 is 1.35 bits per heavy atom. The normalized spacial score (nSPS) is 14.0. The summed E-state index contributed by atoms with van der Waals surface area (Å²) in [7, 11) is 1.60. The summed E-state index contributed by atoms with van der Waals surface area (Å²) < 4.78 is 5.25. The average Bonchev–Trinajstić information content (AvgIpc) is 2.59. The van der Waals surface area contributed by atoms with Gasteiger partial charge in [0.25, 0.3) is 11.6 Å². The largest absolute Gasteiger partial charge is 0.378 e. The second kappa shape index (κ2) is 7.70. The number of carbonyl (C=O) groups is 1. The van der Waals surface area contributed by atoms with Gasteiger partial charge in [-0.25, -0.2) is 0 Å². The highest BCUT2D eigenvalue weighted by molar-refractivity contribution is 7.80. The first-order valence-electron chi connectivity index (χ1n) is 6.92. The highest BCUT2D eigenvalue weighted by atomic mass is 32.1. The van der Waals surface area contributed by atoms with Crippen molar-refractivity contribution < 1.29 is 14.5 Å². The number of nitrogens with zero attached hydrogens (tertiary/aromatic N) is 2. The highest BCUT2D eigenvalue weighted by Gasteiger charge is 2.23. The summed E-state index contributed by atoms with van der Waals surface area (Å²) in [6.45, 7) is 2.18. The average molecular weight is 339 g/mol. The molecule has 0 atom stereocenters. The van der Waals surface area contributed by atoms with Gasteiger partial charge in [-0.2, -0.15) is 0 Å². The minimum atomic E-state index is -0.515. The Labute approximate surface area is 138 Å². The molecule has 2 rings (SSSR count). The number of hydrogen-bond donors (Lipinski definition) is 3. The number of anilines is 1. The summed E-state index contributed by atoms with van der Waals surface area (Å²) in [6.07, 6.45) is 0. The minimum Gasteiger partial charge on any atom is -0.378 e. The summed E-state index contributed by atoms with van der Waals surface area (Å²) in [6, 6.07) is 4.37. The van der Waals surface area contributed by atoms with E-state index in [2.05, 4.69) is 16.2 Å². The van der Waals surface area contributed by atoms with Gasteiger partial charge in [0.1, 0.15) is 5.69 Å². The van der Waals surface area contributed by atoms with Crippen molar-refractivity contribution >= 4 is 34.6 Å². The van der Waals surface area contributed by atoms with Crippen molar-refractivity contribution in [1.29, 1.82) is 0 Å². The molecule has 0 aromatic heterocycles. The molecule has 23 heavy (non-hydrogen) atoms. The number of nitrogens with one attached hydrogen (secondary N) is 3. The smallest absolute Gasteiger partial charge is 0.293 e. The lowest BCUT2D eigenvalue weighted by atomic mass is 10.1. The molecule has 1 fully saturated rings. The number of nitro benzene ring substituents is 1. The number of hydrazine groups is 1. The lowest BCUT2D eigenvalue weighted by Gasteiger charge is -2.28. The van der Waals surface area contributed by atoms with Gasteiger partial charge in [0.2, 0.25) is 0 Å². The maximum Gasteiger partial charge on any atom is 0.293 e. The third kappa shape index (κ3) is 4.27. The van der Waals surface area contributed by atoms with Gasteiger partial charge >= 0.3 is 0 Å². The molecule has 124 valence electrons. The van der Waals surface area contributed by atoms with Crippen molar-refractivity contribution in [1.82, 2.24) is 16.2 Å². The summed E-state index contributed by atoms with van der Waals surface area (Å²) in [5.74, 6) is -0.515. The number of benzene rings is 1. The van der Waals surface area contributed by atoms with Crippen molar-refractivity contribution in [2.24, 2.45) is 0 Å². The fourth-order valence-electron chi connectivity index (χ4n) is 2.13. The van der Waals surface area contributed by atoms with E-state index >= 15 is 0 Å². The Kier molecular flexibility index (Phi) is 5.66. The molecule has 10 heteroatoms. The zero-order chi connectivity index (χ0) is 16.8. The second-order valence-electron chi connectivity index (χ2n) is 4.72. The van der Waals surface area contributed by atoms with Crippen LogP contribution in [0.5, 0.6) is 0 Å². The Bertz CT molecular complexity index is 618. The molecule has 0 aliphatic carbocycles. The first-order valence-corrected chi connectivity index (χ1v) is 7.33. The topological polar surface area (TPSA) is 109 Å². The quantitative estimate of drug-likeness (QED) is 0.406. The van der Waals surface area contributed by atoms with Crippen molar-refractivity contribution in [2.45, 2.75) is 0 Å². The van der Waals surface area contributed by atoms with Crippen LogP contribution >= 0.6 is 12.2 Å². The zero-order valence-electron chi connectivity index (χ0n) is 12.5. The number of nitro groups is 1. The summed E-state index contributed by atoms with van der Waals surface area (Å²) in [4.78, 5) is 24.7. The molecule has 1 saturated heterocycles. The fraction of sp³-hybridized carbons (Fsp3) is 0.385. The number of rotatable bonds is 3. The minimum absolute atomic E-state index is 0.115. The summed E-state index contributed by atoms with van der Waals surface area (Å²) in [5.41, 5.74) is 5.38. The van der Waals surface area contributed by atoms with Crippen LogP contribution in [0.1, 0.15) is 10.4 Å². The van der Waals surface area contributed by atoms with Crippen molar-refractivity contribution in [3.8, 4) is 0 Å². The molecule has 1 aromatic rings. The molecule has 0 unspecified atom stereocenters. The van der Waals surface area contributed by atoms with Gasteiger partial charge in [-0.3, -0.25) is 25.8 Å². The van der Waals surface area contributed by atoms with Crippen LogP contribution in [0.4, 0.5) is 11.4 Å². The number of carbonyl (C=O) groups excluding carboxylic acids is 1. The number of amides is 1. The molecule has 1 amide bonds. The number of thiocarbonyl (C=S) groups is 1. The van der Waals surface area contributed by atoms with Gasteiger partial charge in [-0.05, 0) is 24.4 Å². The van der Waals surface area contributed by atoms with E-state index in [9.17, 15) is 14.9 Å². The lowest BCUT2D eigenvalue weighted by Crippen LogP contribution is -2.45. The van der Waals surface area contributed by atoms with Gasteiger partial charge < -0.3 is 15.0 Å². The predicted molar refractivity (Wildman–Crippen MR) is 88.4 cm³/mol. The number of hydrogen-bond acceptors (Lipinski definition) is 6. The van der Waals surface area contributed by atoms with E-state index < -0.39 is 10.8 Å². The van der Waals surface area contributed by atoms with Crippen LogP contribution in [-0.4, -0.2) is 49.3 Å². The molecule has 0 spiro atoms. The molecule has 1 aromatic carbocycles. The number of morpholine rings is 1. The molecule has 1 heterocycles. The Balaban J connectivity index is 2.19. The van der Waals surface area contributed by atoms with E-state index in [1.807, 2.05) is 4.90 Å². The molecule has 0 bridgehead atoms. The third-order valence-corrected chi connectivity index (χ3v) is 3.61. The van der Waals surface area contributed by atoms with E-state index in [-0.39, 0.29) is 16.4 Å². The third-order valence-electron chi connectivity index (χ3n) is 3.30. The molecular formula is C13H17N5O4S. The van der Waals surface area contributed by atoms with E-state index in [1.54, 1.807) is 13.1 Å². The van der Waals surface area contributed by atoms with Crippen LogP contribution in [0.15, 0.2) is 18.2 Å². The molecule has 3 N–H and O–H groups in total. The molecule has 0 radical (unpaired) electrons. The molecule has 9 nitrogen and oxygen atoms in total. The van der Waals surface area contributed by atoms with Crippen molar-refractivity contribution in [2.75, 3.05) is 38.3 Å². The van der Waals surface area contributed by atoms with E-state index in [0.717, 1.165) is 0 Å². The van der Waals surface area contributed by atoms with Gasteiger partial charge in [0.05, 0.1) is 18.1 Å². The Hall–Kier alpha value is -2.46. The number of ether oxygens (including phenoxy) is 1. The van der Waals surface area contributed by atoms with Crippen LogP contribution in [0.3, 0.4) is 0 Å². The van der Waals surface area contributed by atoms with E-state index in [4.69, 9.17) is 17.0 Å². The Morgan fingerprint density at radius 3 is 2.65 bits per heavy atom. The second-order valence-corrected chi connectivity index (χ2v) is 5.13. The SMILES string of the molecule is CNC(=S)NNC(=O)c1ccc(N2CCOCC2)c([N+](=O)[O-])c1. The first kappa shape index (κ1) is 16.9. The van der Waals surface area contributed by atoms with E-state index in [0.29, 0.717) is 32.0 Å². The van der Waals surface area contributed by atoms with E-state index in [1.165, 1.54) is 12.1 Å². The monoisotopic (exact) mass is 339 g/mol. The standard InChI is InChI=1S/C13H17N5O4S/c1-14-13(23)16-15-12(19)9-2-3-10(11(8-9)18(20)21)17-4-6-22-7-5-17/h2-3,8H,4-7H2,1H3,(H,15,19)(H2,14,16,23). The molecule has 0 saturated carbocycles. The predicted octanol–water partition coefficient (Wildman–Crippen LogP) is 0.170. The van der Waals surface area contributed by atoms with Crippen molar-refractivity contribution in [3.63, 3.8) is 0 Å². The summed E-state index contributed by atoms with van der Waals surface area (Å²) in [5, 5.41) is 14.2. The van der Waals surface area contributed by atoms with Crippen LogP contribution in [0, 0.1) is 10.1 Å². The van der Waals surface area contributed by atoms with Crippen LogP contribution in [0.2, 0.25) is 0 Å². The Morgan fingerprint density at radius 2 is 2.04 bits per heavy atom.